The monoisotopic (exact) mass is 374 g/mol. The molecule has 0 aliphatic heterocycles. The van der Waals surface area contributed by atoms with Crippen molar-refractivity contribution in [2.24, 2.45) is 0 Å². The second kappa shape index (κ2) is 8.86. The summed E-state index contributed by atoms with van der Waals surface area (Å²) in [5, 5.41) is -0.210. The van der Waals surface area contributed by atoms with E-state index in [4.69, 9.17) is 4.74 Å². The number of ether oxygens (including phenoxy) is 1. The van der Waals surface area contributed by atoms with Gasteiger partial charge >= 0.3 is 11.2 Å². The number of benzene rings is 2. The van der Waals surface area contributed by atoms with Gasteiger partial charge in [0.1, 0.15) is 17.9 Å². The van der Waals surface area contributed by atoms with E-state index in [1.165, 1.54) is 12.1 Å². The Kier molecular flexibility index (Phi) is 6.82. The Labute approximate surface area is 145 Å². The van der Waals surface area contributed by atoms with Gasteiger partial charge in [-0.2, -0.15) is 8.78 Å². The lowest BCUT2D eigenvalue weighted by Gasteiger charge is -2.21. The van der Waals surface area contributed by atoms with Crippen LogP contribution in [0, 0.1) is 5.82 Å². The van der Waals surface area contributed by atoms with Crippen molar-refractivity contribution in [3.63, 3.8) is 0 Å². The Balaban J connectivity index is 2.21. The van der Waals surface area contributed by atoms with Crippen molar-refractivity contribution in [1.82, 2.24) is 0 Å². The number of halogens is 3. The second-order valence-corrected chi connectivity index (χ2v) is 5.47. The number of carbonyl (C=O) groups excluding carboxylic acids is 1. The molecule has 0 saturated carbocycles. The molecule has 1 unspecified atom stereocenters. The minimum Gasteiger partial charge on any atom is -0.447 e. The van der Waals surface area contributed by atoms with Crippen molar-refractivity contribution in [2.45, 2.75) is 11.4 Å². The summed E-state index contributed by atoms with van der Waals surface area (Å²) in [6, 6.07) is 13.2. The Morgan fingerprint density at radius 2 is 1.64 bits per heavy atom. The summed E-state index contributed by atoms with van der Waals surface area (Å²) in [6.07, 6.45) is -1.15. The maximum atomic E-state index is 13.8. The lowest BCUT2D eigenvalue weighted by Crippen LogP contribution is -2.29. The quantitative estimate of drug-likeness (QED) is 0.227. The zero-order valence-corrected chi connectivity index (χ0v) is 13.7. The fourth-order valence-electron chi connectivity index (χ4n) is 1.89. The molecular weight excluding hydrogens is 361 g/mol. The molecule has 5 nitrogen and oxygen atoms in total. The first-order valence-electron chi connectivity index (χ1n) is 6.88. The number of esters is 1. The molecule has 1 atom stereocenters. The first-order valence-corrected chi connectivity index (χ1v) is 7.62. The van der Waals surface area contributed by atoms with Gasteiger partial charge in [0.2, 0.25) is 0 Å². The number of carbonyl (C=O) groups is 1. The molecule has 0 aromatic heterocycles. The topological polar surface area (TPSA) is 54.0 Å². The van der Waals surface area contributed by atoms with Crippen LogP contribution in [-0.4, -0.2) is 18.3 Å². The third-order valence-electron chi connectivity index (χ3n) is 2.97. The lowest BCUT2D eigenvalue weighted by atomic mass is 10.0. The summed E-state index contributed by atoms with van der Waals surface area (Å²) in [7, 11) is 1.04. The van der Waals surface area contributed by atoms with Crippen molar-refractivity contribution < 1.29 is 37.0 Å². The zero-order chi connectivity index (χ0) is 18.3. The van der Waals surface area contributed by atoms with Crippen molar-refractivity contribution in [3.8, 4) is 0 Å². The first kappa shape index (κ1) is 19.3. The Hall–Kier alpha value is -2.07. The minimum atomic E-state index is -4.05. The normalized spacial score (nSPS) is 12.6. The van der Waals surface area contributed by atoms with Gasteiger partial charge in [0.05, 0.1) is 7.11 Å². The summed E-state index contributed by atoms with van der Waals surface area (Å²) in [5.74, 6) is -2.36. The molecule has 0 heterocycles. The third-order valence-corrected chi connectivity index (χ3v) is 3.47. The minimum absolute atomic E-state index is 0.329. The fourth-order valence-corrected chi connectivity index (χ4v) is 2.17. The van der Waals surface area contributed by atoms with Gasteiger partial charge in [0, 0.05) is 0 Å². The van der Waals surface area contributed by atoms with E-state index in [9.17, 15) is 18.0 Å². The Morgan fingerprint density at radius 3 is 2.24 bits per heavy atom. The van der Waals surface area contributed by atoms with Gasteiger partial charge in [-0.3, -0.25) is 0 Å². The van der Waals surface area contributed by atoms with Crippen molar-refractivity contribution >= 4 is 18.0 Å². The van der Waals surface area contributed by atoms with Crippen LogP contribution in [0.3, 0.4) is 0 Å². The van der Waals surface area contributed by atoms with Crippen LogP contribution in [0.5, 0.6) is 0 Å². The van der Waals surface area contributed by atoms with Gasteiger partial charge in [-0.25, -0.2) is 14.1 Å². The molecule has 0 aliphatic carbocycles. The molecule has 134 valence electrons. The molecule has 2 aromatic rings. The average molecular weight is 374 g/mol. The average Bonchev–Trinajstić information content (AvgIpc) is 2.61. The SMILES string of the molecule is COOOSC(F)(F)C(=O)OC(c1ccccc1)c1ccc(F)cc1. The highest BCUT2D eigenvalue weighted by Gasteiger charge is 2.45. The van der Waals surface area contributed by atoms with E-state index in [1.54, 1.807) is 30.3 Å². The number of hydrogen-bond acceptors (Lipinski definition) is 6. The summed E-state index contributed by atoms with van der Waals surface area (Å²) >= 11 is -0.569. The summed E-state index contributed by atoms with van der Waals surface area (Å²) in [6.45, 7) is 0. The van der Waals surface area contributed by atoms with Crippen LogP contribution in [0.2, 0.25) is 0 Å². The molecular formula is C16H13F3O5S. The summed E-state index contributed by atoms with van der Waals surface area (Å²) in [5.41, 5.74) is 0.771. The van der Waals surface area contributed by atoms with Crippen LogP contribution < -0.4 is 0 Å². The highest BCUT2D eigenvalue weighted by atomic mass is 32.2. The highest BCUT2D eigenvalue weighted by Crippen LogP contribution is 2.35. The molecule has 0 bridgehead atoms. The first-order chi connectivity index (χ1) is 11.9. The molecule has 0 N–H and O–H groups in total. The molecule has 25 heavy (non-hydrogen) atoms. The van der Waals surface area contributed by atoms with Crippen molar-refractivity contribution in [1.29, 1.82) is 0 Å². The maximum absolute atomic E-state index is 13.8. The van der Waals surface area contributed by atoms with Crippen molar-refractivity contribution in [2.75, 3.05) is 7.11 Å². The molecule has 0 spiro atoms. The van der Waals surface area contributed by atoms with E-state index in [-0.39, 0.29) is 0 Å². The highest BCUT2D eigenvalue weighted by molar-refractivity contribution is 7.96. The number of rotatable bonds is 8. The molecule has 0 amide bonds. The third kappa shape index (κ3) is 5.46. The number of hydrogen-bond donors (Lipinski definition) is 0. The Morgan fingerprint density at radius 1 is 1.04 bits per heavy atom. The van der Waals surface area contributed by atoms with Crippen LogP contribution in [0.1, 0.15) is 17.2 Å². The van der Waals surface area contributed by atoms with E-state index in [0.717, 1.165) is 19.2 Å². The van der Waals surface area contributed by atoms with Gasteiger partial charge in [-0.05, 0) is 23.3 Å². The number of alkyl halides is 2. The molecule has 2 rings (SSSR count). The van der Waals surface area contributed by atoms with Gasteiger partial charge < -0.3 is 4.74 Å². The predicted octanol–water partition coefficient (Wildman–Crippen LogP) is 4.21. The van der Waals surface area contributed by atoms with Gasteiger partial charge in [0.25, 0.3) is 0 Å². The van der Waals surface area contributed by atoms with E-state index in [2.05, 4.69) is 14.3 Å². The van der Waals surface area contributed by atoms with Crippen LogP contribution in [0.25, 0.3) is 0 Å². The summed E-state index contributed by atoms with van der Waals surface area (Å²) < 4.78 is 49.6. The van der Waals surface area contributed by atoms with Crippen molar-refractivity contribution in [3.05, 3.63) is 71.5 Å². The lowest BCUT2D eigenvalue weighted by molar-refractivity contribution is -0.448. The molecule has 2 aromatic carbocycles. The molecule has 0 saturated heterocycles. The maximum Gasteiger partial charge on any atom is 0.415 e. The van der Waals surface area contributed by atoms with Gasteiger partial charge in [-0.1, -0.05) is 47.5 Å². The van der Waals surface area contributed by atoms with E-state index in [1.807, 2.05) is 0 Å². The fraction of sp³-hybridized carbons (Fsp3) is 0.188. The smallest absolute Gasteiger partial charge is 0.415 e. The van der Waals surface area contributed by atoms with Crippen LogP contribution in [0.4, 0.5) is 13.2 Å². The summed E-state index contributed by atoms with van der Waals surface area (Å²) in [4.78, 5) is 15.8. The molecule has 0 radical (unpaired) electrons. The Bertz CT molecular complexity index is 682. The van der Waals surface area contributed by atoms with E-state index < -0.39 is 35.2 Å². The van der Waals surface area contributed by atoms with Gasteiger partial charge in [-0.15, -0.1) is 4.33 Å². The van der Waals surface area contributed by atoms with Crippen LogP contribution >= 0.6 is 12.0 Å². The largest absolute Gasteiger partial charge is 0.447 e. The molecule has 9 heteroatoms. The standard InChI is InChI=1S/C16H13F3O5S/c1-21-23-24-25-16(18,19)15(20)22-14(11-5-3-2-4-6-11)12-7-9-13(17)10-8-12/h2-10,14H,1H3. The predicted molar refractivity (Wildman–Crippen MR) is 82.5 cm³/mol. The molecule has 0 aliphatic rings. The van der Waals surface area contributed by atoms with Crippen LogP contribution in [0.15, 0.2) is 54.6 Å². The van der Waals surface area contributed by atoms with E-state index >= 15 is 0 Å². The van der Waals surface area contributed by atoms with Crippen LogP contribution in [-0.2, 0) is 23.8 Å². The zero-order valence-electron chi connectivity index (χ0n) is 12.9. The second-order valence-electron chi connectivity index (χ2n) is 4.65. The van der Waals surface area contributed by atoms with Gasteiger partial charge in [0.15, 0.2) is 6.10 Å². The van der Waals surface area contributed by atoms with E-state index in [0.29, 0.717) is 11.1 Å². The molecule has 0 fully saturated rings.